The zero-order valence-electron chi connectivity index (χ0n) is 13.6. The molecule has 1 heterocycles. The first-order valence-electron chi connectivity index (χ1n) is 7.97. The van der Waals surface area contributed by atoms with Crippen LogP contribution in [0.15, 0.2) is 0 Å². The van der Waals surface area contributed by atoms with Crippen LogP contribution in [0.2, 0.25) is 0 Å². The maximum atomic E-state index is 9.39. The molecular weight excluding hydrogens is 252 g/mol. The zero-order valence-corrected chi connectivity index (χ0v) is 13.6. The average molecular weight is 284 g/mol. The van der Waals surface area contributed by atoms with E-state index in [2.05, 4.69) is 38.0 Å². The van der Waals surface area contributed by atoms with Crippen molar-refractivity contribution in [1.82, 2.24) is 10.2 Å². The maximum absolute atomic E-state index is 9.39. The number of ether oxygens (including phenoxy) is 1. The summed E-state index contributed by atoms with van der Waals surface area (Å²) in [6.07, 6.45) is 3.07. The van der Waals surface area contributed by atoms with E-state index in [1.54, 1.807) is 0 Å². The lowest BCUT2D eigenvalue weighted by atomic mass is 9.81. The quantitative estimate of drug-likeness (QED) is 0.775. The van der Waals surface area contributed by atoms with E-state index in [1.165, 1.54) is 0 Å². The number of hydrogen-bond acceptors (Lipinski definition) is 4. The Kier molecular flexibility index (Phi) is 5.11. The minimum Gasteiger partial charge on any atom is -0.393 e. The van der Waals surface area contributed by atoms with Gasteiger partial charge in [0.2, 0.25) is 0 Å². The van der Waals surface area contributed by atoms with Crippen LogP contribution in [0.5, 0.6) is 0 Å². The minimum atomic E-state index is -0.0419. The zero-order chi connectivity index (χ0) is 14.8. The fourth-order valence-electron chi connectivity index (χ4n) is 3.35. The molecule has 0 aromatic carbocycles. The number of aliphatic hydroxyl groups is 1. The minimum absolute atomic E-state index is 0.0419. The Morgan fingerprint density at radius 1 is 1.35 bits per heavy atom. The molecule has 118 valence electrons. The number of aliphatic hydroxyl groups excluding tert-OH is 1. The van der Waals surface area contributed by atoms with Crippen molar-refractivity contribution in [2.45, 2.75) is 51.7 Å². The summed E-state index contributed by atoms with van der Waals surface area (Å²) >= 11 is 0. The Bertz CT molecular complexity index is 302. The summed E-state index contributed by atoms with van der Waals surface area (Å²) in [5, 5.41) is 13.0. The predicted octanol–water partition coefficient (Wildman–Crippen LogP) is 1.48. The summed E-state index contributed by atoms with van der Waals surface area (Å²) in [7, 11) is 2.21. The second-order valence-corrected chi connectivity index (χ2v) is 8.09. The molecule has 0 amide bonds. The Morgan fingerprint density at radius 3 is 2.55 bits per heavy atom. The molecule has 2 fully saturated rings. The van der Waals surface area contributed by atoms with Gasteiger partial charge >= 0.3 is 0 Å². The van der Waals surface area contributed by atoms with Crippen molar-refractivity contribution in [2.24, 2.45) is 11.3 Å². The molecule has 0 bridgehead atoms. The monoisotopic (exact) mass is 284 g/mol. The highest BCUT2D eigenvalue weighted by Gasteiger charge is 2.37. The van der Waals surface area contributed by atoms with Gasteiger partial charge in [-0.15, -0.1) is 0 Å². The SMILES string of the molecule is CN(CC1CC(O)C1)CC1(CNC(C)(C)C)CCOC1. The Hall–Kier alpha value is -0.160. The second kappa shape index (κ2) is 6.30. The fraction of sp³-hybridized carbons (Fsp3) is 1.00. The van der Waals surface area contributed by atoms with Crippen molar-refractivity contribution in [3.05, 3.63) is 0 Å². The van der Waals surface area contributed by atoms with Gasteiger partial charge in [0.05, 0.1) is 12.7 Å². The van der Waals surface area contributed by atoms with Crippen LogP contribution in [0.4, 0.5) is 0 Å². The van der Waals surface area contributed by atoms with Gasteiger partial charge in [-0.05, 0) is 53.0 Å². The van der Waals surface area contributed by atoms with Gasteiger partial charge in [0.15, 0.2) is 0 Å². The summed E-state index contributed by atoms with van der Waals surface area (Å²) in [6, 6.07) is 0. The molecule has 0 spiro atoms. The molecule has 2 aliphatic rings. The van der Waals surface area contributed by atoms with Gasteiger partial charge in [0.1, 0.15) is 0 Å². The third-order valence-corrected chi connectivity index (χ3v) is 4.56. The Balaban J connectivity index is 1.81. The normalized spacial score (nSPS) is 34.5. The molecule has 0 aromatic heterocycles. The van der Waals surface area contributed by atoms with E-state index in [4.69, 9.17) is 4.74 Å². The molecule has 0 aromatic rings. The van der Waals surface area contributed by atoms with Gasteiger partial charge in [-0.25, -0.2) is 0 Å². The highest BCUT2D eigenvalue weighted by molar-refractivity contribution is 4.91. The first-order chi connectivity index (χ1) is 9.28. The van der Waals surface area contributed by atoms with E-state index >= 15 is 0 Å². The lowest BCUT2D eigenvalue weighted by molar-refractivity contribution is 0.0199. The summed E-state index contributed by atoms with van der Waals surface area (Å²) in [4.78, 5) is 2.44. The van der Waals surface area contributed by atoms with Gasteiger partial charge in [0, 0.05) is 37.2 Å². The molecule has 1 saturated carbocycles. The molecule has 0 radical (unpaired) electrons. The van der Waals surface area contributed by atoms with Crippen LogP contribution in [0, 0.1) is 11.3 Å². The van der Waals surface area contributed by atoms with E-state index in [0.29, 0.717) is 5.92 Å². The topological polar surface area (TPSA) is 44.7 Å². The predicted molar refractivity (Wildman–Crippen MR) is 81.9 cm³/mol. The Morgan fingerprint density at radius 2 is 2.05 bits per heavy atom. The molecule has 4 nitrogen and oxygen atoms in total. The second-order valence-electron chi connectivity index (χ2n) is 8.09. The molecule has 1 unspecified atom stereocenters. The third-order valence-electron chi connectivity index (χ3n) is 4.56. The maximum Gasteiger partial charge on any atom is 0.0547 e. The molecular formula is C16H32N2O2. The number of hydrogen-bond donors (Lipinski definition) is 2. The van der Waals surface area contributed by atoms with Gasteiger partial charge < -0.3 is 20.1 Å². The van der Waals surface area contributed by atoms with Gasteiger partial charge in [-0.1, -0.05) is 0 Å². The van der Waals surface area contributed by atoms with Crippen LogP contribution >= 0.6 is 0 Å². The van der Waals surface area contributed by atoms with Crippen LogP contribution < -0.4 is 5.32 Å². The molecule has 2 N–H and O–H groups in total. The smallest absolute Gasteiger partial charge is 0.0547 e. The molecule has 1 aliphatic carbocycles. The number of rotatable bonds is 6. The van der Waals surface area contributed by atoms with Crippen molar-refractivity contribution < 1.29 is 9.84 Å². The highest BCUT2D eigenvalue weighted by atomic mass is 16.5. The average Bonchev–Trinajstić information content (AvgIpc) is 2.73. The summed E-state index contributed by atoms with van der Waals surface area (Å²) < 4.78 is 5.68. The van der Waals surface area contributed by atoms with Crippen LogP contribution in [0.3, 0.4) is 0 Å². The molecule has 2 rings (SSSR count). The molecule has 20 heavy (non-hydrogen) atoms. The van der Waals surface area contributed by atoms with Crippen LogP contribution in [0.25, 0.3) is 0 Å². The first kappa shape index (κ1) is 16.2. The summed E-state index contributed by atoms with van der Waals surface area (Å²) in [5.74, 6) is 0.685. The fourth-order valence-corrected chi connectivity index (χ4v) is 3.35. The molecule has 1 aliphatic heterocycles. The Labute approximate surface area is 123 Å². The summed E-state index contributed by atoms with van der Waals surface area (Å²) in [5.41, 5.74) is 0.413. The number of nitrogens with one attached hydrogen (secondary N) is 1. The van der Waals surface area contributed by atoms with Crippen molar-refractivity contribution in [1.29, 1.82) is 0 Å². The standard InChI is InChI=1S/C16H32N2O2/c1-15(2,3)17-10-16(5-6-20-12-16)11-18(4)9-13-7-14(19)8-13/h13-14,17,19H,5-12H2,1-4H3. The molecule has 1 saturated heterocycles. The number of nitrogens with zero attached hydrogens (tertiary/aromatic N) is 1. The first-order valence-corrected chi connectivity index (χ1v) is 7.97. The van der Waals surface area contributed by atoms with Gasteiger partial charge in [-0.2, -0.15) is 0 Å². The van der Waals surface area contributed by atoms with Crippen molar-refractivity contribution >= 4 is 0 Å². The van der Waals surface area contributed by atoms with Crippen molar-refractivity contribution in [2.75, 3.05) is 39.9 Å². The van der Waals surface area contributed by atoms with Crippen LogP contribution in [-0.2, 0) is 4.74 Å². The largest absolute Gasteiger partial charge is 0.393 e. The van der Waals surface area contributed by atoms with E-state index < -0.39 is 0 Å². The third kappa shape index (κ3) is 4.69. The van der Waals surface area contributed by atoms with Crippen molar-refractivity contribution in [3.8, 4) is 0 Å². The lowest BCUT2D eigenvalue weighted by Crippen LogP contribution is -2.50. The molecule has 1 atom stereocenters. The van der Waals surface area contributed by atoms with Crippen molar-refractivity contribution in [3.63, 3.8) is 0 Å². The van der Waals surface area contributed by atoms with E-state index in [-0.39, 0.29) is 17.1 Å². The van der Waals surface area contributed by atoms with E-state index in [1.807, 2.05) is 0 Å². The van der Waals surface area contributed by atoms with Gasteiger partial charge in [-0.3, -0.25) is 0 Å². The highest BCUT2D eigenvalue weighted by Crippen LogP contribution is 2.32. The van der Waals surface area contributed by atoms with E-state index in [9.17, 15) is 5.11 Å². The van der Waals surface area contributed by atoms with Gasteiger partial charge in [0.25, 0.3) is 0 Å². The van der Waals surface area contributed by atoms with Crippen LogP contribution in [0.1, 0.15) is 40.0 Å². The summed E-state index contributed by atoms with van der Waals surface area (Å²) in [6.45, 7) is 11.6. The molecule has 4 heteroatoms. The van der Waals surface area contributed by atoms with Crippen LogP contribution in [-0.4, -0.2) is 61.5 Å². The van der Waals surface area contributed by atoms with E-state index in [0.717, 1.165) is 52.1 Å². The lowest BCUT2D eigenvalue weighted by Gasteiger charge is -2.39.